The zero-order valence-electron chi connectivity index (χ0n) is 15.1. The first kappa shape index (κ1) is 16.5. The van der Waals surface area contributed by atoms with Crippen molar-refractivity contribution in [3.63, 3.8) is 0 Å². The van der Waals surface area contributed by atoms with Crippen LogP contribution in [0.4, 0.5) is 0 Å². The molecule has 1 aliphatic carbocycles. The van der Waals surface area contributed by atoms with Crippen molar-refractivity contribution in [3.8, 4) is 0 Å². The second-order valence-corrected chi connectivity index (χ2v) is 8.61. The van der Waals surface area contributed by atoms with E-state index < -0.39 is 0 Å². The van der Waals surface area contributed by atoms with E-state index in [1.54, 1.807) is 0 Å². The van der Waals surface area contributed by atoms with Crippen LogP contribution in [0.5, 0.6) is 0 Å². The minimum Gasteiger partial charge on any atom is -0.292 e. The third-order valence-corrected chi connectivity index (χ3v) is 5.37. The van der Waals surface area contributed by atoms with Crippen LogP contribution in [0.3, 0.4) is 0 Å². The van der Waals surface area contributed by atoms with E-state index in [0.29, 0.717) is 11.5 Å². The van der Waals surface area contributed by atoms with E-state index >= 15 is 0 Å². The summed E-state index contributed by atoms with van der Waals surface area (Å²) in [5.74, 6) is 1.58. The maximum Gasteiger partial charge on any atom is 0.110 e. The molecule has 0 spiro atoms. The summed E-state index contributed by atoms with van der Waals surface area (Å²) in [5.41, 5.74) is 1.89. The summed E-state index contributed by atoms with van der Waals surface area (Å²) >= 11 is 0. The van der Waals surface area contributed by atoms with Crippen LogP contribution in [0.2, 0.25) is 0 Å². The average Bonchev–Trinajstić information content (AvgIpc) is 3.13. The Bertz CT molecular complexity index is 463. The molecule has 0 bridgehead atoms. The first-order chi connectivity index (χ1) is 9.67. The maximum atomic E-state index is 2.51. The zero-order valence-corrected chi connectivity index (χ0v) is 15.1. The number of allylic oxidation sites excluding steroid dienone is 4. The van der Waals surface area contributed by atoms with E-state index in [9.17, 15) is 0 Å². The van der Waals surface area contributed by atoms with Crippen LogP contribution in [0.15, 0.2) is 36.1 Å². The number of nitrogens with zero attached hydrogens (tertiary/aromatic N) is 1. The molecule has 1 nitrogen and oxygen atoms in total. The van der Waals surface area contributed by atoms with Crippen molar-refractivity contribution in [2.24, 2.45) is 17.3 Å². The first-order valence-electron chi connectivity index (χ1n) is 8.55. The lowest BCUT2D eigenvalue weighted by atomic mass is 9.86. The lowest BCUT2D eigenvalue weighted by molar-refractivity contribution is -0.889. The van der Waals surface area contributed by atoms with Crippen molar-refractivity contribution in [2.75, 3.05) is 7.05 Å². The highest BCUT2D eigenvalue weighted by Gasteiger charge is 2.54. The van der Waals surface area contributed by atoms with Gasteiger partial charge < -0.3 is 0 Å². The van der Waals surface area contributed by atoms with E-state index in [4.69, 9.17) is 0 Å². The minimum absolute atomic E-state index is 0.374. The van der Waals surface area contributed by atoms with Gasteiger partial charge in [-0.1, -0.05) is 39.8 Å². The monoisotopic (exact) mass is 288 g/mol. The first-order valence-corrected chi connectivity index (χ1v) is 8.55. The lowest BCUT2D eigenvalue weighted by Crippen LogP contribution is -2.49. The standard InChI is InChI=1S/C20H34N/c1-8-9-15(2)18-13-19(18)21(7)11-10-17(12-16(21)3)14-20(4,5)6/h8-12,15-16,18-19H,13-14H2,1-7H3/q+1/b9-8-/t15?,16?,18?,19?,21-/m1/s1. The molecule has 0 aromatic rings. The fourth-order valence-corrected chi connectivity index (χ4v) is 3.91. The Kier molecular flexibility index (Phi) is 4.54. The van der Waals surface area contributed by atoms with Crippen LogP contribution in [0, 0.1) is 17.3 Å². The van der Waals surface area contributed by atoms with Gasteiger partial charge in [-0.2, -0.15) is 0 Å². The van der Waals surface area contributed by atoms with Crippen LogP contribution in [-0.2, 0) is 0 Å². The Morgan fingerprint density at radius 1 is 1.38 bits per heavy atom. The molecule has 1 heterocycles. The molecule has 4 unspecified atom stereocenters. The van der Waals surface area contributed by atoms with Gasteiger partial charge in [-0.25, -0.2) is 0 Å². The third-order valence-electron chi connectivity index (χ3n) is 5.37. The molecule has 1 aliphatic heterocycles. The summed E-state index contributed by atoms with van der Waals surface area (Å²) < 4.78 is 1.10. The number of rotatable bonds is 4. The van der Waals surface area contributed by atoms with Gasteiger partial charge in [0.1, 0.15) is 6.04 Å². The van der Waals surface area contributed by atoms with Crippen LogP contribution < -0.4 is 0 Å². The molecule has 0 amide bonds. The Labute approximate surface area is 132 Å². The molecule has 0 N–H and O–H groups in total. The fourth-order valence-electron chi connectivity index (χ4n) is 3.91. The van der Waals surface area contributed by atoms with Crippen LogP contribution in [-0.4, -0.2) is 23.6 Å². The third kappa shape index (κ3) is 3.69. The molecule has 1 heteroatoms. The molecular formula is C20H34N+. The molecule has 21 heavy (non-hydrogen) atoms. The van der Waals surface area contributed by atoms with Crippen molar-refractivity contribution in [3.05, 3.63) is 36.1 Å². The highest BCUT2D eigenvalue weighted by atomic mass is 15.4. The van der Waals surface area contributed by atoms with E-state index in [-0.39, 0.29) is 0 Å². The Morgan fingerprint density at radius 2 is 2.05 bits per heavy atom. The smallest absolute Gasteiger partial charge is 0.110 e. The molecule has 5 atom stereocenters. The van der Waals surface area contributed by atoms with Gasteiger partial charge in [0.15, 0.2) is 0 Å². The SMILES string of the molecule is C/C=C\C(C)C1CC1[N@+]1(C)C=CC(CC(C)(C)C)=CC1C. The highest BCUT2D eigenvalue weighted by molar-refractivity contribution is 5.23. The van der Waals surface area contributed by atoms with Crippen LogP contribution >= 0.6 is 0 Å². The number of hydrogen-bond acceptors (Lipinski definition) is 0. The molecule has 2 rings (SSSR count). The van der Waals surface area contributed by atoms with Gasteiger partial charge in [0.05, 0.1) is 19.3 Å². The average molecular weight is 288 g/mol. The van der Waals surface area contributed by atoms with Gasteiger partial charge in [0.25, 0.3) is 0 Å². The molecule has 0 radical (unpaired) electrons. The summed E-state index contributed by atoms with van der Waals surface area (Å²) in [5, 5.41) is 0. The number of likely N-dealkylation sites (N-methyl/N-ethyl adjacent to an activating group) is 1. The van der Waals surface area contributed by atoms with Gasteiger partial charge in [0.2, 0.25) is 0 Å². The summed E-state index contributed by atoms with van der Waals surface area (Å²) in [7, 11) is 2.42. The number of quaternary nitrogens is 1. The van der Waals surface area contributed by atoms with E-state index in [2.05, 4.69) is 79.1 Å². The van der Waals surface area contributed by atoms with Gasteiger partial charge in [-0.3, -0.25) is 4.48 Å². The molecular weight excluding hydrogens is 254 g/mol. The summed E-state index contributed by atoms with van der Waals surface area (Å²) in [6.07, 6.45) is 14.5. The van der Waals surface area contributed by atoms with Crippen LogP contribution in [0.25, 0.3) is 0 Å². The Balaban J connectivity index is 2.05. The van der Waals surface area contributed by atoms with E-state index in [1.165, 1.54) is 18.4 Å². The second kappa shape index (κ2) is 5.76. The zero-order chi connectivity index (χ0) is 15.8. The predicted octanol–water partition coefficient (Wildman–Crippen LogP) is 5.31. The van der Waals surface area contributed by atoms with Crippen LogP contribution in [0.1, 0.15) is 54.4 Å². The number of hydrogen-bond donors (Lipinski definition) is 0. The Hall–Kier alpha value is -0.820. The largest absolute Gasteiger partial charge is 0.292 e. The highest BCUT2D eigenvalue weighted by Crippen LogP contribution is 2.48. The van der Waals surface area contributed by atoms with Gasteiger partial charge >= 0.3 is 0 Å². The van der Waals surface area contributed by atoms with Gasteiger partial charge in [-0.05, 0) is 49.3 Å². The van der Waals surface area contributed by atoms with Crippen molar-refractivity contribution in [1.82, 2.24) is 0 Å². The molecule has 1 fully saturated rings. The quantitative estimate of drug-likeness (QED) is 0.485. The van der Waals surface area contributed by atoms with Gasteiger partial charge in [0, 0.05) is 12.3 Å². The summed E-state index contributed by atoms with van der Waals surface area (Å²) in [6.45, 7) is 13.9. The molecule has 2 aliphatic rings. The van der Waals surface area contributed by atoms with E-state index in [1.807, 2.05) is 0 Å². The molecule has 0 aromatic heterocycles. The molecule has 0 aromatic carbocycles. The van der Waals surface area contributed by atoms with Crippen molar-refractivity contribution < 1.29 is 4.48 Å². The minimum atomic E-state index is 0.374. The topological polar surface area (TPSA) is 0 Å². The van der Waals surface area contributed by atoms with Crippen molar-refractivity contribution >= 4 is 0 Å². The Morgan fingerprint density at radius 3 is 2.57 bits per heavy atom. The maximum absolute atomic E-state index is 2.51. The van der Waals surface area contributed by atoms with Crippen molar-refractivity contribution in [2.45, 2.75) is 66.5 Å². The molecule has 118 valence electrons. The van der Waals surface area contributed by atoms with Crippen molar-refractivity contribution in [1.29, 1.82) is 0 Å². The summed E-state index contributed by atoms with van der Waals surface area (Å²) in [6, 6.07) is 1.40. The predicted molar refractivity (Wildman–Crippen MR) is 92.8 cm³/mol. The normalized spacial score (nSPS) is 37.7. The lowest BCUT2D eigenvalue weighted by Gasteiger charge is -2.39. The fraction of sp³-hybridized carbons (Fsp3) is 0.700. The summed E-state index contributed by atoms with van der Waals surface area (Å²) in [4.78, 5) is 0. The molecule has 1 saturated carbocycles. The second-order valence-electron chi connectivity index (χ2n) is 8.61. The molecule has 0 saturated heterocycles. The van der Waals surface area contributed by atoms with Gasteiger partial charge in [-0.15, -0.1) is 0 Å². The van der Waals surface area contributed by atoms with E-state index in [0.717, 1.165) is 22.4 Å².